The fraction of sp³-hybridized carbons (Fsp3) is 0.542. The molecule has 1 aromatic rings. The van der Waals surface area contributed by atoms with Gasteiger partial charge in [-0.1, -0.05) is 30.3 Å². The molecule has 14 heteroatoms. The van der Waals surface area contributed by atoms with Gasteiger partial charge in [0.15, 0.2) is 5.96 Å². The van der Waals surface area contributed by atoms with E-state index in [0.717, 1.165) is 5.56 Å². The highest BCUT2D eigenvalue weighted by molar-refractivity contribution is 7.80. The SMILES string of the molecule is NCCCCC(NC(=O)C(N)CCCN=C(N)N)C(=O)NC(Cc1ccccc1)C(=O)NC(CS)C(=O)O. The normalized spacial score (nSPS) is 13.9. The van der Waals surface area contributed by atoms with Crippen LogP contribution in [0.1, 0.15) is 37.7 Å². The molecule has 38 heavy (non-hydrogen) atoms. The summed E-state index contributed by atoms with van der Waals surface area (Å²) >= 11 is 3.97. The highest BCUT2D eigenvalue weighted by Crippen LogP contribution is 2.08. The van der Waals surface area contributed by atoms with E-state index in [-0.39, 0.29) is 24.6 Å². The van der Waals surface area contributed by atoms with Crippen LogP contribution in [-0.4, -0.2) is 77.8 Å². The number of carbonyl (C=O) groups excluding carboxylic acids is 3. The van der Waals surface area contributed by atoms with Gasteiger partial charge in [0.25, 0.3) is 0 Å². The first-order valence-corrected chi connectivity index (χ1v) is 13.0. The van der Waals surface area contributed by atoms with Crippen molar-refractivity contribution in [1.82, 2.24) is 16.0 Å². The molecule has 0 bridgehead atoms. The molecule has 3 amide bonds. The maximum atomic E-state index is 13.3. The van der Waals surface area contributed by atoms with Crippen molar-refractivity contribution in [2.75, 3.05) is 18.8 Å². The number of nitrogens with one attached hydrogen (secondary N) is 3. The first-order valence-electron chi connectivity index (χ1n) is 12.4. The van der Waals surface area contributed by atoms with Gasteiger partial charge >= 0.3 is 5.97 Å². The fourth-order valence-electron chi connectivity index (χ4n) is 3.48. The Morgan fingerprint density at radius 1 is 0.868 bits per heavy atom. The van der Waals surface area contributed by atoms with E-state index < -0.39 is 47.9 Å². The van der Waals surface area contributed by atoms with Crippen molar-refractivity contribution in [2.45, 2.75) is 62.7 Å². The third-order valence-electron chi connectivity index (χ3n) is 5.60. The average Bonchev–Trinajstić information content (AvgIpc) is 2.88. The van der Waals surface area contributed by atoms with Gasteiger partial charge in [0.2, 0.25) is 17.7 Å². The zero-order valence-electron chi connectivity index (χ0n) is 21.3. The molecule has 0 aliphatic carbocycles. The van der Waals surface area contributed by atoms with Crippen molar-refractivity contribution in [3.8, 4) is 0 Å². The Morgan fingerprint density at radius 3 is 2.05 bits per heavy atom. The number of aliphatic imine (C=N–C) groups is 1. The Kier molecular flexibility index (Phi) is 15.5. The predicted octanol–water partition coefficient (Wildman–Crippen LogP) is -1.79. The number of unbranched alkanes of at least 4 members (excludes halogenated alkanes) is 1. The van der Waals surface area contributed by atoms with Crippen LogP contribution in [0.25, 0.3) is 0 Å². The molecule has 0 saturated heterocycles. The lowest BCUT2D eigenvalue weighted by Gasteiger charge is -2.25. The summed E-state index contributed by atoms with van der Waals surface area (Å²) in [5, 5.41) is 17.0. The number of carboxylic acids is 1. The molecule has 0 fully saturated rings. The molecular formula is C24H40N8O5S. The lowest BCUT2D eigenvalue weighted by molar-refractivity contribution is -0.141. The van der Waals surface area contributed by atoms with Gasteiger partial charge in [0.1, 0.15) is 18.1 Å². The molecule has 0 aromatic heterocycles. The number of hydrogen-bond donors (Lipinski definition) is 9. The highest BCUT2D eigenvalue weighted by Gasteiger charge is 2.30. The summed E-state index contributed by atoms with van der Waals surface area (Å²) in [4.78, 5) is 54.2. The number of guanidine groups is 1. The fourth-order valence-corrected chi connectivity index (χ4v) is 3.73. The molecule has 0 radical (unpaired) electrons. The van der Waals surface area contributed by atoms with Gasteiger partial charge in [-0.25, -0.2) is 4.79 Å². The quantitative estimate of drug-likeness (QED) is 0.0431. The number of carboxylic acid groups (broad SMARTS) is 1. The second-order valence-electron chi connectivity index (χ2n) is 8.73. The number of thiol groups is 1. The molecule has 212 valence electrons. The molecule has 1 aromatic carbocycles. The summed E-state index contributed by atoms with van der Waals surface area (Å²) < 4.78 is 0. The van der Waals surface area contributed by atoms with Gasteiger partial charge in [0, 0.05) is 18.7 Å². The second kappa shape index (κ2) is 18.0. The lowest BCUT2D eigenvalue weighted by Crippen LogP contribution is -2.57. The van der Waals surface area contributed by atoms with Crippen molar-refractivity contribution in [3.05, 3.63) is 35.9 Å². The topological polar surface area (TPSA) is 241 Å². The molecule has 0 aliphatic rings. The van der Waals surface area contributed by atoms with Crippen molar-refractivity contribution < 1.29 is 24.3 Å². The van der Waals surface area contributed by atoms with Crippen LogP contribution in [0, 0.1) is 0 Å². The highest BCUT2D eigenvalue weighted by atomic mass is 32.1. The number of carbonyl (C=O) groups is 4. The molecule has 4 unspecified atom stereocenters. The number of amides is 3. The predicted molar refractivity (Wildman–Crippen MR) is 148 cm³/mol. The van der Waals surface area contributed by atoms with E-state index in [4.69, 9.17) is 22.9 Å². The number of aliphatic carboxylic acids is 1. The van der Waals surface area contributed by atoms with Crippen molar-refractivity contribution in [3.63, 3.8) is 0 Å². The zero-order chi connectivity index (χ0) is 28.5. The minimum atomic E-state index is -1.25. The summed E-state index contributed by atoms with van der Waals surface area (Å²) in [5.74, 6) is -3.26. The maximum Gasteiger partial charge on any atom is 0.327 e. The average molecular weight is 553 g/mol. The minimum absolute atomic E-state index is 0.0576. The molecule has 12 N–H and O–H groups in total. The van der Waals surface area contributed by atoms with Crippen LogP contribution in [0.4, 0.5) is 0 Å². The van der Waals surface area contributed by atoms with E-state index in [1.54, 1.807) is 24.3 Å². The molecule has 4 atom stereocenters. The van der Waals surface area contributed by atoms with Crippen molar-refractivity contribution >= 4 is 42.3 Å². The first kappa shape index (κ1) is 32.7. The van der Waals surface area contributed by atoms with E-state index >= 15 is 0 Å². The smallest absolute Gasteiger partial charge is 0.327 e. The van der Waals surface area contributed by atoms with E-state index in [9.17, 15) is 24.3 Å². The number of nitrogens with two attached hydrogens (primary N) is 4. The number of rotatable bonds is 18. The van der Waals surface area contributed by atoms with Crippen molar-refractivity contribution in [2.24, 2.45) is 27.9 Å². The summed E-state index contributed by atoms with van der Waals surface area (Å²) in [5.41, 5.74) is 22.9. The van der Waals surface area contributed by atoms with E-state index in [0.29, 0.717) is 38.8 Å². The third-order valence-corrected chi connectivity index (χ3v) is 5.96. The Hall–Kier alpha value is -3.36. The monoisotopic (exact) mass is 552 g/mol. The summed E-state index contributed by atoms with van der Waals surface area (Å²) in [6.45, 7) is 0.718. The lowest BCUT2D eigenvalue weighted by atomic mass is 10.0. The van der Waals surface area contributed by atoms with Gasteiger partial charge in [-0.3, -0.25) is 19.4 Å². The first-order chi connectivity index (χ1) is 18.1. The number of nitrogens with zero attached hydrogens (tertiary/aromatic N) is 1. The number of hydrogen-bond acceptors (Lipinski definition) is 8. The molecule has 0 aliphatic heterocycles. The molecule has 0 saturated carbocycles. The van der Waals surface area contributed by atoms with E-state index in [2.05, 4.69) is 33.6 Å². The third kappa shape index (κ3) is 12.7. The van der Waals surface area contributed by atoms with Crippen LogP contribution in [-0.2, 0) is 25.6 Å². The van der Waals surface area contributed by atoms with Crippen LogP contribution in [0.3, 0.4) is 0 Å². The standard InChI is InChI=1S/C24H40N8O5S/c25-11-5-4-10-17(30-20(33)16(26)9-6-12-29-24(27)28)21(34)31-18(13-15-7-2-1-3-8-15)22(35)32-19(14-38)23(36)37/h1-3,7-8,16-19,38H,4-6,9-14,25-26H2,(H,30,33)(H,31,34)(H,32,35)(H,36,37)(H4,27,28,29). The Balaban J connectivity index is 3.00. The van der Waals surface area contributed by atoms with Gasteiger partial charge in [-0.2, -0.15) is 12.6 Å². The van der Waals surface area contributed by atoms with E-state index in [1.807, 2.05) is 6.07 Å². The van der Waals surface area contributed by atoms with Crippen molar-refractivity contribution in [1.29, 1.82) is 0 Å². The Morgan fingerprint density at radius 2 is 1.47 bits per heavy atom. The molecule has 1 rings (SSSR count). The van der Waals surface area contributed by atoms with Crippen LogP contribution in [0.2, 0.25) is 0 Å². The second-order valence-corrected chi connectivity index (χ2v) is 9.10. The summed E-state index contributed by atoms with van der Waals surface area (Å²) in [7, 11) is 0. The maximum absolute atomic E-state index is 13.3. The molecule has 13 nitrogen and oxygen atoms in total. The van der Waals surface area contributed by atoms with Crippen LogP contribution in [0.5, 0.6) is 0 Å². The molecule has 0 heterocycles. The van der Waals surface area contributed by atoms with Crippen LogP contribution in [0.15, 0.2) is 35.3 Å². The minimum Gasteiger partial charge on any atom is -0.480 e. The van der Waals surface area contributed by atoms with Gasteiger partial charge in [-0.05, 0) is 44.2 Å². The number of benzene rings is 1. The molecule has 0 spiro atoms. The van der Waals surface area contributed by atoms with Gasteiger partial charge < -0.3 is 44.0 Å². The van der Waals surface area contributed by atoms with Gasteiger partial charge in [0.05, 0.1) is 6.04 Å². The van der Waals surface area contributed by atoms with E-state index in [1.165, 1.54) is 0 Å². The van der Waals surface area contributed by atoms with Crippen LogP contribution >= 0.6 is 12.6 Å². The largest absolute Gasteiger partial charge is 0.480 e. The summed E-state index contributed by atoms with van der Waals surface area (Å²) in [6, 6.07) is 4.71. The zero-order valence-corrected chi connectivity index (χ0v) is 22.2. The Bertz CT molecular complexity index is 930. The molecular weight excluding hydrogens is 512 g/mol. The van der Waals surface area contributed by atoms with Gasteiger partial charge in [-0.15, -0.1) is 0 Å². The summed E-state index contributed by atoms with van der Waals surface area (Å²) in [6.07, 6.45) is 2.30. The Labute approximate surface area is 228 Å². The van der Waals surface area contributed by atoms with Crippen LogP contribution < -0.4 is 38.9 Å².